The van der Waals surface area contributed by atoms with Crippen molar-refractivity contribution in [3.8, 4) is 11.1 Å². The average molecular weight is 586 g/mol. The SMILES string of the molecule is CNC(=O)Nc1ccccc1-c1ccc(CN2C(=O)C(NC(=O)CC(C)(C)NC[C@@H](C)O)CC(C)c3ccccc32)cc1. The monoisotopic (exact) mass is 585 g/mol. The highest BCUT2D eigenvalue weighted by molar-refractivity contribution is 6.01. The number of rotatable bonds is 10. The van der Waals surface area contributed by atoms with Crippen LogP contribution in [0.2, 0.25) is 0 Å². The first-order valence-electron chi connectivity index (χ1n) is 14.8. The quantitative estimate of drug-likeness (QED) is 0.235. The molecular formula is C34H43N5O4. The van der Waals surface area contributed by atoms with Crippen LogP contribution in [-0.4, -0.2) is 54.2 Å². The Morgan fingerprint density at radius 2 is 1.70 bits per heavy atom. The topological polar surface area (TPSA) is 123 Å². The van der Waals surface area contributed by atoms with Gasteiger partial charge >= 0.3 is 6.03 Å². The second kappa shape index (κ2) is 13.8. The van der Waals surface area contributed by atoms with Crippen LogP contribution in [0.25, 0.3) is 11.1 Å². The largest absolute Gasteiger partial charge is 0.392 e. The van der Waals surface area contributed by atoms with Crippen molar-refractivity contribution in [1.82, 2.24) is 16.0 Å². The van der Waals surface area contributed by atoms with Gasteiger partial charge in [0.2, 0.25) is 11.8 Å². The Hall–Kier alpha value is -4.21. The van der Waals surface area contributed by atoms with Crippen LogP contribution in [0.1, 0.15) is 57.6 Å². The van der Waals surface area contributed by atoms with Gasteiger partial charge in [-0.1, -0.05) is 67.6 Å². The number of aliphatic hydroxyl groups excluding tert-OH is 1. The number of carbonyl (C=O) groups excluding carboxylic acids is 3. The molecule has 9 heteroatoms. The number of para-hydroxylation sites is 2. The molecule has 3 atom stereocenters. The van der Waals surface area contributed by atoms with Crippen molar-refractivity contribution in [2.45, 2.75) is 70.7 Å². The van der Waals surface area contributed by atoms with Crippen molar-refractivity contribution in [2.75, 3.05) is 23.8 Å². The van der Waals surface area contributed by atoms with Gasteiger partial charge in [0.05, 0.1) is 18.3 Å². The summed E-state index contributed by atoms with van der Waals surface area (Å²) < 4.78 is 0. The fourth-order valence-corrected chi connectivity index (χ4v) is 5.46. The van der Waals surface area contributed by atoms with Crippen molar-refractivity contribution >= 4 is 29.2 Å². The molecule has 0 aromatic heterocycles. The number of aliphatic hydroxyl groups is 1. The summed E-state index contributed by atoms with van der Waals surface area (Å²) in [5.74, 6) is -0.305. The first-order chi connectivity index (χ1) is 20.5. The van der Waals surface area contributed by atoms with Gasteiger partial charge in [0, 0.05) is 36.8 Å². The fourth-order valence-electron chi connectivity index (χ4n) is 5.46. The number of urea groups is 1. The molecule has 9 nitrogen and oxygen atoms in total. The van der Waals surface area contributed by atoms with Gasteiger partial charge in [-0.3, -0.25) is 9.59 Å². The minimum absolute atomic E-state index is 0.0588. The highest BCUT2D eigenvalue weighted by Gasteiger charge is 2.35. The number of nitrogens with one attached hydrogen (secondary N) is 4. The molecule has 0 spiro atoms. The molecule has 0 fully saturated rings. The van der Waals surface area contributed by atoms with Crippen LogP contribution in [0.15, 0.2) is 72.8 Å². The van der Waals surface area contributed by atoms with Gasteiger partial charge in [-0.2, -0.15) is 0 Å². The fraction of sp³-hybridized carbons (Fsp3) is 0.382. The Morgan fingerprint density at radius 3 is 2.40 bits per heavy atom. The Kier molecular flexibility index (Phi) is 10.2. The minimum Gasteiger partial charge on any atom is -0.392 e. The predicted octanol–water partition coefficient (Wildman–Crippen LogP) is 4.77. The summed E-state index contributed by atoms with van der Waals surface area (Å²) >= 11 is 0. The van der Waals surface area contributed by atoms with E-state index in [1.54, 1.807) is 18.9 Å². The molecule has 2 unspecified atom stereocenters. The summed E-state index contributed by atoms with van der Waals surface area (Å²) in [5, 5.41) is 21.3. The number of nitrogens with zero attached hydrogens (tertiary/aromatic N) is 1. The zero-order valence-corrected chi connectivity index (χ0v) is 25.6. The lowest BCUT2D eigenvalue weighted by atomic mass is 9.93. The number of amides is 4. The van der Waals surface area contributed by atoms with Gasteiger partial charge in [-0.15, -0.1) is 0 Å². The van der Waals surface area contributed by atoms with Crippen molar-refractivity contribution in [3.05, 3.63) is 83.9 Å². The molecule has 3 aromatic rings. The van der Waals surface area contributed by atoms with E-state index >= 15 is 0 Å². The van der Waals surface area contributed by atoms with E-state index in [1.807, 2.05) is 86.6 Å². The molecule has 0 saturated carbocycles. The molecular weight excluding hydrogens is 542 g/mol. The van der Waals surface area contributed by atoms with Crippen LogP contribution in [0.5, 0.6) is 0 Å². The van der Waals surface area contributed by atoms with Crippen LogP contribution in [0, 0.1) is 0 Å². The molecule has 1 aliphatic rings. The van der Waals surface area contributed by atoms with E-state index in [0.29, 0.717) is 25.2 Å². The van der Waals surface area contributed by atoms with Crippen molar-refractivity contribution in [3.63, 3.8) is 0 Å². The predicted molar refractivity (Wildman–Crippen MR) is 171 cm³/mol. The first-order valence-corrected chi connectivity index (χ1v) is 14.8. The zero-order valence-electron chi connectivity index (χ0n) is 25.6. The molecule has 228 valence electrons. The lowest BCUT2D eigenvalue weighted by molar-refractivity contribution is -0.128. The van der Waals surface area contributed by atoms with E-state index in [0.717, 1.165) is 27.9 Å². The van der Waals surface area contributed by atoms with Gasteiger partial charge < -0.3 is 31.3 Å². The number of benzene rings is 3. The summed E-state index contributed by atoms with van der Waals surface area (Å²) in [5.41, 5.74) is 4.83. The van der Waals surface area contributed by atoms with E-state index < -0.39 is 17.7 Å². The molecule has 0 bridgehead atoms. The Labute approximate surface area is 254 Å². The van der Waals surface area contributed by atoms with Gasteiger partial charge in [0.25, 0.3) is 0 Å². The molecule has 0 radical (unpaired) electrons. The smallest absolute Gasteiger partial charge is 0.318 e. The van der Waals surface area contributed by atoms with Crippen molar-refractivity contribution in [1.29, 1.82) is 0 Å². The zero-order chi connectivity index (χ0) is 31.1. The second-order valence-corrected chi connectivity index (χ2v) is 12.0. The lowest BCUT2D eigenvalue weighted by Crippen LogP contribution is -2.51. The third-order valence-corrected chi connectivity index (χ3v) is 7.73. The Morgan fingerprint density at radius 1 is 1.02 bits per heavy atom. The third kappa shape index (κ3) is 8.21. The number of anilines is 2. The van der Waals surface area contributed by atoms with E-state index in [-0.39, 0.29) is 30.2 Å². The van der Waals surface area contributed by atoms with Gasteiger partial charge in [-0.05, 0) is 61.9 Å². The molecule has 4 amide bonds. The Balaban J connectivity index is 1.56. The highest BCUT2D eigenvalue weighted by atomic mass is 16.3. The van der Waals surface area contributed by atoms with Crippen LogP contribution in [0.4, 0.5) is 16.2 Å². The number of carbonyl (C=O) groups is 3. The summed E-state index contributed by atoms with van der Waals surface area (Å²) in [4.78, 5) is 40.9. The molecule has 4 rings (SSSR count). The lowest BCUT2D eigenvalue weighted by Gasteiger charge is -2.29. The molecule has 0 saturated heterocycles. The van der Waals surface area contributed by atoms with Gasteiger partial charge in [-0.25, -0.2) is 4.79 Å². The standard InChI is InChI=1S/C34H43N5O4/c1-22-18-29(37-31(41)19-34(3,4)36-20-23(2)40)32(42)39(30-13-9-7-10-26(22)30)21-24-14-16-25(17-15-24)27-11-6-8-12-28(27)38-33(43)35-5/h6-17,22-23,29,36,40H,18-21H2,1-5H3,(H,37,41)(H2,35,38,43)/t22?,23-,29?/m1/s1. The maximum atomic E-state index is 14.1. The third-order valence-electron chi connectivity index (χ3n) is 7.73. The van der Waals surface area contributed by atoms with E-state index in [2.05, 4.69) is 28.2 Å². The summed E-state index contributed by atoms with van der Waals surface area (Å²) in [6.45, 7) is 8.31. The van der Waals surface area contributed by atoms with Gasteiger partial charge in [0.15, 0.2) is 0 Å². The van der Waals surface area contributed by atoms with Crippen molar-refractivity contribution in [2.24, 2.45) is 0 Å². The van der Waals surface area contributed by atoms with E-state index in [4.69, 9.17) is 0 Å². The number of hydrogen-bond acceptors (Lipinski definition) is 5. The van der Waals surface area contributed by atoms with Crippen LogP contribution in [-0.2, 0) is 16.1 Å². The summed E-state index contributed by atoms with van der Waals surface area (Å²) in [7, 11) is 1.57. The number of hydrogen-bond donors (Lipinski definition) is 5. The second-order valence-electron chi connectivity index (χ2n) is 12.0. The maximum Gasteiger partial charge on any atom is 0.318 e. The van der Waals surface area contributed by atoms with Crippen molar-refractivity contribution < 1.29 is 19.5 Å². The first kappa shape index (κ1) is 31.7. The number of fused-ring (bicyclic) bond motifs is 1. The van der Waals surface area contributed by atoms with Crippen LogP contribution in [0.3, 0.4) is 0 Å². The molecule has 1 heterocycles. The minimum atomic E-state index is -0.676. The molecule has 5 N–H and O–H groups in total. The maximum absolute atomic E-state index is 14.1. The van der Waals surface area contributed by atoms with E-state index in [9.17, 15) is 19.5 Å². The van der Waals surface area contributed by atoms with Gasteiger partial charge in [0.1, 0.15) is 6.04 Å². The molecule has 0 aliphatic carbocycles. The summed E-state index contributed by atoms with van der Waals surface area (Å²) in [6.07, 6.45) is 0.137. The highest BCUT2D eigenvalue weighted by Crippen LogP contribution is 2.36. The molecule has 3 aromatic carbocycles. The molecule has 43 heavy (non-hydrogen) atoms. The summed E-state index contributed by atoms with van der Waals surface area (Å²) in [6, 6.07) is 22.5. The molecule has 1 aliphatic heterocycles. The normalized spacial score (nSPS) is 17.4. The van der Waals surface area contributed by atoms with Crippen LogP contribution < -0.4 is 26.2 Å². The average Bonchev–Trinajstić information content (AvgIpc) is 3.07. The number of β-amino-alcohol motifs (C(OH)–C–C–N with tert-alkyl or cyclic N) is 1. The van der Waals surface area contributed by atoms with Crippen LogP contribution >= 0.6 is 0 Å². The van der Waals surface area contributed by atoms with E-state index in [1.165, 1.54) is 0 Å². The Bertz CT molecular complexity index is 1440.